The van der Waals surface area contributed by atoms with Gasteiger partial charge in [0.15, 0.2) is 0 Å². The van der Waals surface area contributed by atoms with Crippen molar-refractivity contribution >= 4 is 22.4 Å². The molecule has 1 N–H and O–H groups in total. The average Bonchev–Trinajstić information content (AvgIpc) is 3.08. The molecular weight excluding hydrogens is 331 g/mol. The quantitative estimate of drug-likeness (QED) is 0.770. The summed E-state index contributed by atoms with van der Waals surface area (Å²) >= 11 is 0. The molecule has 1 aromatic carbocycles. The van der Waals surface area contributed by atoms with Gasteiger partial charge < -0.3 is 19.5 Å². The van der Waals surface area contributed by atoms with Gasteiger partial charge >= 0.3 is 0 Å². The van der Waals surface area contributed by atoms with Crippen LogP contribution in [0.15, 0.2) is 36.5 Å². The minimum atomic E-state index is -0.150. The highest BCUT2D eigenvalue weighted by Crippen LogP contribution is 2.32. The zero-order chi connectivity index (χ0) is 17.5. The Kier molecular flexibility index (Phi) is 3.78. The van der Waals surface area contributed by atoms with Gasteiger partial charge in [-0.2, -0.15) is 0 Å². The van der Waals surface area contributed by atoms with Crippen LogP contribution in [0.3, 0.4) is 0 Å². The maximum atomic E-state index is 14.3. The fourth-order valence-corrected chi connectivity index (χ4v) is 3.99. The second-order valence-electron chi connectivity index (χ2n) is 6.89. The summed E-state index contributed by atoms with van der Waals surface area (Å²) in [5.74, 6) is 0.843. The number of rotatable bonds is 2. The fourth-order valence-electron chi connectivity index (χ4n) is 3.99. The highest BCUT2D eigenvalue weighted by molar-refractivity contribution is 5.86. The van der Waals surface area contributed by atoms with Crippen LogP contribution in [0, 0.1) is 5.82 Å². The summed E-state index contributed by atoms with van der Waals surface area (Å²) in [6.45, 7) is 4.88. The Hall–Kier alpha value is -2.60. The number of pyridine rings is 1. The molecule has 5 nitrogen and oxygen atoms in total. The highest BCUT2D eigenvalue weighted by atomic mass is 19.1. The van der Waals surface area contributed by atoms with E-state index in [0.717, 1.165) is 72.9 Å². The Morgan fingerprint density at radius 3 is 2.73 bits per heavy atom. The molecule has 4 heterocycles. The van der Waals surface area contributed by atoms with Crippen molar-refractivity contribution in [1.82, 2.24) is 9.97 Å². The van der Waals surface area contributed by atoms with Crippen LogP contribution >= 0.6 is 0 Å². The molecule has 0 saturated carbocycles. The molecule has 0 atom stereocenters. The van der Waals surface area contributed by atoms with E-state index in [1.165, 1.54) is 6.07 Å². The van der Waals surface area contributed by atoms with Gasteiger partial charge in [0.2, 0.25) is 0 Å². The minimum absolute atomic E-state index is 0.150. The first-order valence-electron chi connectivity index (χ1n) is 9.11. The third kappa shape index (κ3) is 2.61. The van der Waals surface area contributed by atoms with Crippen molar-refractivity contribution in [3.8, 4) is 0 Å². The Labute approximate surface area is 151 Å². The number of ether oxygens (including phenoxy) is 1. The van der Waals surface area contributed by atoms with Gasteiger partial charge in [-0.15, -0.1) is 0 Å². The molecule has 0 radical (unpaired) electrons. The molecule has 0 bridgehead atoms. The first-order valence-corrected chi connectivity index (χ1v) is 9.11. The Balaban J connectivity index is 1.41. The van der Waals surface area contributed by atoms with Gasteiger partial charge in [-0.1, -0.05) is 6.07 Å². The fraction of sp³-hybridized carbons (Fsp3) is 0.350. The van der Waals surface area contributed by atoms with Gasteiger partial charge in [-0.3, -0.25) is 0 Å². The molecule has 1 saturated heterocycles. The number of nitrogens with zero attached hydrogens (tertiary/aromatic N) is 3. The molecule has 134 valence electrons. The maximum Gasteiger partial charge on any atom is 0.132 e. The number of aromatic nitrogens is 2. The predicted octanol–water partition coefficient (Wildman–Crippen LogP) is 3.10. The number of fused-ring (bicyclic) bond motifs is 3. The summed E-state index contributed by atoms with van der Waals surface area (Å²) in [6, 6.07) is 9.43. The SMILES string of the molecule is Fc1cccc2[nH]c3c(c12)CN(c1ccc(N2CCOCC2)nc1)CC3. The normalized spacial score (nSPS) is 17.6. The van der Waals surface area contributed by atoms with E-state index in [-0.39, 0.29) is 5.82 Å². The van der Waals surface area contributed by atoms with E-state index in [9.17, 15) is 4.39 Å². The third-order valence-corrected chi connectivity index (χ3v) is 5.38. The number of hydrogen-bond donors (Lipinski definition) is 1. The number of benzene rings is 1. The van der Waals surface area contributed by atoms with Gasteiger partial charge in [-0.05, 0) is 24.3 Å². The Morgan fingerprint density at radius 2 is 1.92 bits per heavy atom. The minimum Gasteiger partial charge on any atom is -0.378 e. The van der Waals surface area contributed by atoms with E-state index in [4.69, 9.17) is 4.74 Å². The van der Waals surface area contributed by atoms with Gasteiger partial charge in [0.05, 0.1) is 25.1 Å². The molecule has 2 aliphatic rings. The van der Waals surface area contributed by atoms with E-state index >= 15 is 0 Å². The van der Waals surface area contributed by atoms with E-state index in [1.54, 1.807) is 6.07 Å². The lowest BCUT2D eigenvalue weighted by atomic mass is 10.0. The maximum absolute atomic E-state index is 14.3. The molecular formula is C20H21FN4O. The van der Waals surface area contributed by atoms with Gasteiger partial charge in [0, 0.05) is 54.8 Å². The van der Waals surface area contributed by atoms with Crippen LogP contribution in [0.4, 0.5) is 15.9 Å². The number of morpholine rings is 1. The van der Waals surface area contributed by atoms with Crippen LogP contribution in [0.5, 0.6) is 0 Å². The molecule has 6 heteroatoms. The Morgan fingerprint density at radius 1 is 1.04 bits per heavy atom. The zero-order valence-electron chi connectivity index (χ0n) is 14.5. The topological polar surface area (TPSA) is 44.4 Å². The van der Waals surface area contributed by atoms with Crippen LogP contribution in [-0.2, 0) is 17.7 Å². The van der Waals surface area contributed by atoms with Crippen LogP contribution in [-0.4, -0.2) is 42.8 Å². The van der Waals surface area contributed by atoms with Crippen LogP contribution in [0.1, 0.15) is 11.3 Å². The van der Waals surface area contributed by atoms with Crippen LogP contribution < -0.4 is 9.80 Å². The van der Waals surface area contributed by atoms with Crippen molar-refractivity contribution in [2.75, 3.05) is 42.6 Å². The summed E-state index contributed by atoms with van der Waals surface area (Å²) in [5, 5.41) is 0.727. The molecule has 0 amide bonds. The first-order chi connectivity index (χ1) is 12.8. The largest absolute Gasteiger partial charge is 0.378 e. The average molecular weight is 352 g/mol. The van der Waals surface area contributed by atoms with Crippen molar-refractivity contribution in [3.63, 3.8) is 0 Å². The molecule has 2 aliphatic heterocycles. The number of halogens is 1. The molecule has 3 aromatic rings. The zero-order valence-corrected chi connectivity index (χ0v) is 14.5. The third-order valence-electron chi connectivity index (χ3n) is 5.38. The van der Waals surface area contributed by atoms with Gasteiger partial charge in [0.1, 0.15) is 11.6 Å². The van der Waals surface area contributed by atoms with Gasteiger partial charge in [0.25, 0.3) is 0 Å². The molecule has 0 unspecified atom stereocenters. The van der Waals surface area contributed by atoms with Crippen molar-refractivity contribution < 1.29 is 9.13 Å². The second kappa shape index (κ2) is 6.29. The number of H-pyrrole nitrogens is 1. The predicted molar refractivity (Wildman–Crippen MR) is 100 cm³/mol. The second-order valence-corrected chi connectivity index (χ2v) is 6.89. The molecule has 26 heavy (non-hydrogen) atoms. The van der Waals surface area contributed by atoms with E-state index < -0.39 is 0 Å². The molecule has 5 rings (SSSR count). The monoisotopic (exact) mass is 352 g/mol. The standard InChI is InChI=1S/C20H21FN4O/c21-16-2-1-3-18-20(16)15-13-25(7-6-17(15)23-18)14-4-5-19(22-12-14)24-8-10-26-11-9-24/h1-5,12,23H,6-11,13H2. The molecule has 0 aliphatic carbocycles. The Bertz CT molecular complexity index is 931. The molecule has 0 spiro atoms. The number of anilines is 2. The summed E-state index contributed by atoms with van der Waals surface area (Å²) in [6.07, 6.45) is 2.82. The van der Waals surface area contributed by atoms with E-state index in [1.807, 2.05) is 12.3 Å². The van der Waals surface area contributed by atoms with E-state index in [2.05, 4.69) is 31.9 Å². The molecule has 2 aromatic heterocycles. The van der Waals surface area contributed by atoms with Crippen molar-refractivity contribution in [2.24, 2.45) is 0 Å². The van der Waals surface area contributed by atoms with Gasteiger partial charge in [-0.25, -0.2) is 9.37 Å². The summed E-state index contributed by atoms with van der Waals surface area (Å²) in [5.41, 5.74) is 4.19. The number of hydrogen-bond acceptors (Lipinski definition) is 4. The molecule has 1 fully saturated rings. The van der Waals surface area contributed by atoms with Crippen molar-refractivity contribution in [2.45, 2.75) is 13.0 Å². The lowest BCUT2D eigenvalue weighted by Gasteiger charge is -2.30. The first kappa shape index (κ1) is 15.6. The number of nitrogens with one attached hydrogen (secondary N) is 1. The lowest BCUT2D eigenvalue weighted by molar-refractivity contribution is 0.122. The summed E-state index contributed by atoms with van der Waals surface area (Å²) in [7, 11) is 0. The van der Waals surface area contributed by atoms with E-state index in [0.29, 0.717) is 6.54 Å². The lowest BCUT2D eigenvalue weighted by Crippen LogP contribution is -2.36. The highest BCUT2D eigenvalue weighted by Gasteiger charge is 2.23. The van der Waals surface area contributed by atoms with Crippen molar-refractivity contribution in [1.29, 1.82) is 0 Å². The number of aromatic amines is 1. The smallest absolute Gasteiger partial charge is 0.132 e. The van der Waals surface area contributed by atoms with Crippen molar-refractivity contribution in [3.05, 3.63) is 53.6 Å². The van der Waals surface area contributed by atoms with Crippen LogP contribution in [0.25, 0.3) is 10.9 Å². The van der Waals surface area contributed by atoms with Crippen LogP contribution in [0.2, 0.25) is 0 Å². The summed E-state index contributed by atoms with van der Waals surface area (Å²) < 4.78 is 19.7. The summed E-state index contributed by atoms with van der Waals surface area (Å²) in [4.78, 5) is 12.6.